The Labute approximate surface area is 131 Å². The van der Waals surface area contributed by atoms with Crippen LogP contribution < -0.4 is 10.1 Å². The molecule has 1 aliphatic carbocycles. The maximum Gasteiger partial charge on any atom is 0.331 e. The van der Waals surface area contributed by atoms with E-state index in [0.717, 1.165) is 24.0 Å². The summed E-state index contributed by atoms with van der Waals surface area (Å²) in [6.07, 6.45) is 3.06. The SMILES string of the molecule is COC(=O)C1(NC(=O)COc2ccc(C)cc2C)CCCC1. The lowest BCUT2D eigenvalue weighted by atomic mass is 9.98. The average molecular weight is 305 g/mol. The van der Waals surface area contributed by atoms with Crippen LogP contribution in [0.4, 0.5) is 0 Å². The van der Waals surface area contributed by atoms with Crippen molar-refractivity contribution in [2.24, 2.45) is 0 Å². The van der Waals surface area contributed by atoms with E-state index in [-0.39, 0.29) is 18.5 Å². The van der Waals surface area contributed by atoms with E-state index in [1.54, 1.807) is 0 Å². The van der Waals surface area contributed by atoms with Crippen molar-refractivity contribution in [2.75, 3.05) is 13.7 Å². The van der Waals surface area contributed by atoms with Crippen molar-refractivity contribution >= 4 is 11.9 Å². The van der Waals surface area contributed by atoms with Gasteiger partial charge in [0.1, 0.15) is 11.3 Å². The van der Waals surface area contributed by atoms with E-state index < -0.39 is 5.54 Å². The molecule has 1 N–H and O–H groups in total. The van der Waals surface area contributed by atoms with E-state index in [0.29, 0.717) is 18.6 Å². The number of benzene rings is 1. The Morgan fingerprint density at radius 2 is 1.91 bits per heavy atom. The molecule has 2 rings (SSSR count). The van der Waals surface area contributed by atoms with Crippen LogP contribution >= 0.6 is 0 Å². The van der Waals surface area contributed by atoms with E-state index >= 15 is 0 Å². The number of nitrogens with one attached hydrogen (secondary N) is 1. The maximum atomic E-state index is 12.1. The molecule has 0 heterocycles. The van der Waals surface area contributed by atoms with Crippen molar-refractivity contribution in [1.29, 1.82) is 0 Å². The van der Waals surface area contributed by atoms with E-state index in [9.17, 15) is 9.59 Å². The van der Waals surface area contributed by atoms with E-state index in [4.69, 9.17) is 9.47 Å². The lowest BCUT2D eigenvalue weighted by Crippen LogP contribution is -2.54. The molecule has 0 bridgehead atoms. The molecular formula is C17H23NO4. The quantitative estimate of drug-likeness (QED) is 0.848. The molecule has 0 aromatic heterocycles. The molecule has 1 saturated carbocycles. The predicted molar refractivity (Wildman–Crippen MR) is 82.8 cm³/mol. The molecule has 0 aliphatic heterocycles. The number of aryl methyl sites for hydroxylation is 2. The van der Waals surface area contributed by atoms with Crippen molar-refractivity contribution in [3.05, 3.63) is 29.3 Å². The molecule has 0 spiro atoms. The van der Waals surface area contributed by atoms with Crippen LogP contribution in [0.25, 0.3) is 0 Å². The van der Waals surface area contributed by atoms with Crippen molar-refractivity contribution < 1.29 is 19.1 Å². The fourth-order valence-corrected chi connectivity index (χ4v) is 2.96. The van der Waals surface area contributed by atoms with Gasteiger partial charge >= 0.3 is 5.97 Å². The van der Waals surface area contributed by atoms with Gasteiger partial charge in [-0.3, -0.25) is 4.79 Å². The summed E-state index contributed by atoms with van der Waals surface area (Å²) in [6.45, 7) is 3.83. The van der Waals surface area contributed by atoms with Crippen LogP contribution in [0.3, 0.4) is 0 Å². The third-order valence-corrected chi connectivity index (χ3v) is 4.10. The van der Waals surface area contributed by atoms with Crippen LogP contribution in [0.2, 0.25) is 0 Å². The van der Waals surface area contributed by atoms with E-state index in [2.05, 4.69) is 5.32 Å². The highest BCUT2D eigenvalue weighted by Gasteiger charge is 2.43. The summed E-state index contributed by atoms with van der Waals surface area (Å²) in [6, 6.07) is 5.79. The Hall–Kier alpha value is -2.04. The first-order valence-electron chi connectivity index (χ1n) is 7.56. The maximum absolute atomic E-state index is 12.1. The Morgan fingerprint density at radius 3 is 2.50 bits per heavy atom. The molecule has 1 aliphatic rings. The van der Waals surface area contributed by atoms with Gasteiger partial charge < -0.3 is 14.8 Å². The molecule has 5 heteroatoms. The van der Waals surface area contributed by atoms with Crippen molar-refractivity contribution in [3.8, 4) is 5.75 Å². The molecule has 0 atom stereocenters. The number of hydrogen-bond donors (Lipinski definition) is 1. The summed E-state index contributed by atoms with van der Waals surface area (Å²) in [5, 5.41) is 2.81. The number of amides is 1. The summed E-state index contributed by atoms with van der Waals surface area (Å²) in [7, 11) is 1.35. The first-order chi connectivity index (χ1) is 10.5. The zero-order valence-electron chi connectivity index (χ0n) is 13.4. The lowest BCUT2D eigenvalue weighted by molar-refractivity contribution is -0.151. The monoisotopic (exact) mass is 305 g/mol. The van der Waals surface area contributed by atoms with Crippen molar-refractivity contribution in [2.45, 2.75) is 45.1 Å². The van der Waals surface area contributed by atoms with E-state index in [1.165, 1.54) is 7.11 Å². The predicted octanol–water partition coefficient (Wildman–Crippen LogP) is 2.28. The second-order valence-corrected chi connectivity index (χ2v) is 5.89. The fourth-order valence-electron chi connectivity index (χ4n) is 2.96. The van der Waals surface area contributed by atoms with Crippen LogP contribution in [-0.2, 0) is 14.3 Å². The van der Waals surface area contributed by atoms with Gasteiger partial charge in [0.05, 0.1) is 7.11 Å². The van der Waals surface area contributed by atoms with Gasteiger partial charge in [0.2, 0.25) is 0 Å². The number of esters is 1. The van der Waals surface area contributed by atoms with Gasteiger partial charge in [-0.05, 0) is 38.3 Å². The zero-order valence-corrected chi connectivity index (χ0v) is 13.4. The highest BCUT2D eigenvalue weighted by molar-refractivity contribution is 5.88. The number of ether oxygens (including phenoxy) is 2. The topological polar surface area (TPSA) is 64.6 Å². The molecule has 5 nitrogen and oxygen atoms in total. The molecule has 22 heavy (non-hydrogen) atoms. The number of methoxy groups -OCH3 is 1. The molecule has 0 radical (unpaired) electrons. The second kappa shape index (κ2) is 6.81. The molecule has 1 aromatic carbocycles. The van der Waals surface area contributed by atoms with Crippen LogP contribution in [0.1, 0.15) is 36.8 Å². The summed E-state index contributed by atoms with van der Waals surface area (Å²) >= 11 is 0. The fraction of sp³-hybridized carbons (Fsp3) is 0.529. The molecule has 1 aromatic rings. The van der Waals surface area contributed by atoms with Gasteiger partial charge in [-0.2, -0.15) is 0 Å². The van der Waals surface area contributed by atoms with Crippen LogP contribution in [0, 0.1) is 13.8 Å². The number of carbonyl (C=O) groups excluding carboxylic acids is 2. The number of hydrogen-bond acceptors (Lipinski definition) is 4. The minimum Gasteiger partial charge on any atom is -0.484 e. The second-order valence-electron chi connectivity index (χ2n) is 5.89. The average Bonchev–Trinajstić information content (AvgIpc) is 2.95. The van der Waals surface area contributed by atoms with Gasteiger partial charge in [0.15, 0.2) is 6.61 Å². The minimum atomic E-state index is -0.877. The summed E-state index contributed by atoms with van der Waals surface area (Å²) < 4.78 is 10.4. The van der Waals surface area contributed by atoms with E-state index in [1.807, 2.05) is 32.0 Å². The van der Waals surface area contributed by atoms with Gasteiger partial charge in [-0.1, -0.05) is 30.5 Å². The van der Waals surface area contributed by atoms with Gasteiger partial charge in [-0.15, -0.1) is 0 Å². The molecule has 0 unspecified atom stereocenters. The van der Waals surface area contributed by atoms with Crippen LogP contribution in [0.5, 0.6) is 5.75 Å². The Kier molecular flexibility index (Phi) is 5.06. The van der Waals surface area contributed by atoms with Gasteiger partial charge in [0.25, 0.3) is 5.91 Å². The van der Waals surface area contributed by atoms with Gasteiger partial charge in [-0.25, -0.2) is 4.79 Å². The molecule has 120 valence electrons. The summed E-state index contributed by atoms with van der Waals surface area (Å²) in [4.78, 5) is 24.1. The Balaban J connectivity index is 1.96. The Bertz CT molecular complexity index is 562. The van der Waals surface area contributed by atoms with Crippen LogP contribution in [0.15, 0.2) is 18.2 Å². The third kappa shape index (κ3) is 3.59. The zero-order chi connectivity index (χ0) is 16.2. The normalized spacial score (nSPS) is 16.1. The minimum absolute atomic E-state index is 0.108. The highest BCUT2D eigenvalue weighted by Crippen LogP contribution is 2.30. The first kappa shape index (κ1) is 16.3. The summed E-state index contributed by atoms with van der Waals surface area (Å²) in [5.74, 6) is 0.0106. The highest BCUT2D eigenvalue weighted by atomic mass is 16.5. The largest absolute Gasteiger partial charge is 0.484 e. The molecule has 1 amide bonds. The number of carbonyl (C=O) groups is 2. The molecule has 0 saturated heterocycles. The molecule has 1 fully saturated rings. The standard InChI is InChI=1S/C17H23NO4/c1-12-6-7-14(13(2)10-12)22-11-15(19)18-17(16(20)21-3)8-4-5-9-17/h6-7,10H,4-5,8-9,11H2,1-3H3,(H,18,19). The summed E-state index contributed by atoms with van der Waals surface area (Å²) in [5.41, 5.74) is 1.25. The lowest BCUT2D eigenvalue weighted by Gasteiger charge is -2.27. The third-order valence-electron chi connectivity index (χ3n) is 4.10. The van der Waals surface area contributed by atoms with Gasteiger partial charge in [0, 0.05) is 0 Å². The number of rotatable bonds is 5. The smallest absolute Gasteiger partial charge is 0.331 e. The first-order valence-corrected chi connectivity index (χ1v) is 7.56. The van der Waals surface area contributed by atoms with Crippen LogP contribution in [-0.4, -0.2) is 31.1 Å². The molecular weight excluding hydrogens is 282 g/mol. The Morgan fingerprint density at radius 1 is 1.23 bits per heavy atom. The van der Waals surface area contributed by atoms with Crippen molar-refractivity contribution in [3.63, 3.8) is 0 Å². The van der Waals surface area contributed by atoms with Crippen molar-refractivity contribution in [1.82, 2.24) is 5.32 Å².